The van der Waals surface area contributed by atoms with Crippen LogP contribution in [0.1, 0.15) is 22.3 Å². The van der Waals surface area contributed by atoms with Crippen LogP contribution in [0.3, 0.4) is 0 Å². The number of halogens is 2. The first-order valence-corrected chi connectivity index (χ1v) is 8.29. The average Bonchev–Trinajstić information content (AvgIpc) is 2.66. The quantitative estimate of drug-likeness (QED) is 0.838. The fraction of sp³-hybridized carbons (Fsp3) is 0.263. The van der Waals surface area contributed by atoms with Gasteiger partial charge in [-0.25, -0.2) is 8.78 Å². The third-order valence-corrected chi connectivity index (χ3v) is 4.04. The van der Waals surface area contributed by atoms with Crippen LogP contribution in [0.4, 0.5) is 8.78 Å². The molecule has 6 nitrogen and oxygen atoms in total. The van der Waals surface area contributed by atoms with Crippen LogP contribution >= 0.6 is 0 Å². The molecule has 0 unspecified atom stereocenters. The van der Waals surface area contributed by atoms with Gasteiger partial charge in [0.25, 0.3) is 5.91 Å². The van der Waals surface area contributed by atoms with E-state index in [4.69, 9.17) is 14.6 Å². The van der Waals surface area contributed by atoms with Gasteiger partial charge < -0.3 is 19.5 Å². The van der Waals surface area contributed by atoms with Gasteiger partial charge in [0.05, 0.1) is 12.0 Å². The lowest BCUT2D eigenvalue weighted by Gasteiger charge is -2.25. The Morgan fingerprint density at radius 2 is 1.85 bits per heavy atom. The number of benzene rings is 2. The summed E-state index contributed by atoms with van der Waals surface area (Å²) in [7, 11) is 0. The number of nitrogens with zero attached hydrogens (tertiary/aromatic N) is 1. The van der Waals surface area contributed by atoms with Gasteiger partial charge in [-0.3, -0.25) is 9.59 Å². The third-order valence-electron chi connectivity index (χ3n) is 4.04. The Balaban J connectivity index is 1.89. The van der Waals surface area contributed by atoms with Gasteiger partial charge in [0.15, 0.2) is 23.1 Å². The molecule has 0 aromatic heterocycles. The zero-order valence-electron chi connectivity index (χ0n) is 14.3. The van der Waals surface area contributed by atoms with Gasteiger partial charge in [0.1, 0.15) is 13.2 Å². The van der Waals surface area contributed by atoms with Crippen molar-refractivity contribution in [1.82, 2.24) is 4.90 Å². The summed E-state index contributed by atoms with van der Waals surface area (Å²) in [6.45, 7) is 0.476. The van der Waals surface area contributed by atoms with Crippen LogP contribution in [0.5, 0.6) is 11.5 Å². The SMILES string of the molecule is O=C(O)CCN(Cc1ccc(F)c(F)c1)C(=O)c1cccc2c1OCCO2. The summed E-state index contributed by atoms with van der Waals surface area (Å²) < 4.78 is 37.6. The lowest BCUT2D eigenvalue weighted by molar-refractivity contribution is -0.137. The fourth-order valence-corrected chi connectivity index (χ4v) is 2.75. The van der Waals surface area contributed by atoms with E-state index >= 15 is 0 Å². The van der Waals surface area contributed by atoms with Crippen LogP contribution in [-0.4, -0.2) is 41.6 Å². The second kappa shape index (κ2) is 8.03. The number of para-hydroxylation sites is 1. The zero-order valence-corrected chi connectivity index (χ0v) is 14.3. The number of carboxylic acid groups (broad SMARTS) is 1. The van der Waals surface area contributed by atoms with Gasteiger partial charge in [-0.15, -0.1) is 0 Å². The molecule has 0 saturated heterocycles. The molecule has 0 radical (unpaired) electrons. The lowest BCUT2D eigenvalue weighted by atomic mass is 10.1. The number of carbonyl (C=O) groups excluding carboxylic acids is 1. The van der Waals surface area contributed by atoms with E-state index in [1.54, 1.807) is 18.2 Å². The van der Waals surface area contributed by atoms with Gasteiger partial charge >= 0.3 is 5.97 Å². The number of hydrogen-bond donors (Lipinski definition) is 1. The monoisotopic (exact) mass is 377 g/mol. The van der Waals surface area contributed by atoms with Crippen molar-refractivity contribution in [2.45, 2.75) is 13.0 Å². The molecule has 27 heavy (non-hydrogen) atoms. The van der Waals surface area contributed by atoms with Crippen molar-refractivity contribution < 1.29 is 33.0 Å². The fourth-order valence-electron chi connectivity index (χ4n) is 2.75. The minimum atomic E-state index is -1.08. The van der Waals surface area contributed by atoms with Crippen LogP contribution in [0.25, 0.3) is 0 Å². The van der Waals surface area contributed by atoms with E-state index in [9.17, 15) is 18.4 Å². The third kappa shape index (κ3) is 4.33. The molecule has 1 amide bonds. The molecular formula is C19H17F2NO5. The molecule has 2 aromatic carbocycles. The summed E-state index contributed by atoms with van der Waals surface area (Å²) >= 11 is 0. The first-order valence-electron chi connectivity index (χ1n) is 8.29. The Bertz CT molecular complexity index is 871. The van der Waals surface area contributed by atoms with Crippen LogP contribution < -0.4 is 9.47 Å². The molecule has 1 N–H and O–H groups in total. The van der Waals surface area contributed by atoms with Gasteiger partial charge in [-0.1, -0.05) is 12.1 Å². The molecule has 2 aromatic rings. The second-order valence-corrected chi connectivity index (χ2v) is 5.95. The highest BCUT2D eigenvalue weighted by Crippen LogP contribution is 2.34. The molecule has 1 aliphatic heterocycles. The molecule has 1 heterocycles. The van der Waals surface area contributed by atoms with Crippen LogP contribution in [0.2, 0.25) is 0 Å². The van der Waals surface area contributed by atoms with Crippen LogP contribution in [0, 0.1) is 11.6 Å². The van der Waals surface area contributed by atoms with Crippen LogP contribution in [0.15, 0.2) is 36.4 Å². The molecule has 1 aliphatic rings. The van der Waals surface area contributed by atoms with E-state index in [0.717, 1.165) is 12.1 Å². The second-order valence-electron chi connectivity index (χ2n) is 5.95. The summed E-state index contributed by atoms with van der Waals surface area (Å²) in [5.74, 6) is -2.87. The van der Waals surface area contributed by atoms with Crippen molar-refractivity contribution in [2.75, 3.05) is 19.8 Å². The highest BCUT2D eigenvalue weighted by molar-refractivity contribution is 5.98. The topological polar surface area (TPSA) is 76.1 Å². The Labute approximate surface area is 153 Å². The first-order chi connectivity index (χ1) is 13.0. The highest BCUT2D eigenvalue weighted by atomic mass is 19.2. The van der Waals surface area contributed by atoms with Crippen molar-refractivity contribution in [3.05, 3.63) is 59.2 Å². The minimum Gasteiger partial charge on any atom is -0.486 e. The zero-order chi connectivity index (χ0) is 19.4. The smallest absolute Gasteiger partial charge is 0.305 e. The number of hydrogen-bond acceptors (Lipinski definition) is 4. The van der Waals surface area contributed by atoms with Crippen molar-refractivity contribution in [1.29, 1.82) is 0 Å². The first kappa shape index (κ1) is 18.6. The Hall–Kier alpha value is -3.16. The number of carbonyl (C=O) groups is 2. The summed E-state index contributed by atoms with van der Waals surface area (Å²) in [6.07, 6.45) is -0.290. The van der Waals surface area contributed by atoms with Crippen LogP contribution in [-0.2, 0) is 11.3 Å². The van der Waals surface area contributed by atoms with E-state index in [1.807, 2.05) is 0 Å². The number of rotatable bonds is 6. The Morgan fingerprint density at radius 3 is 2.59 bits per heavy atom. The summed E-state index contributed by atoms with van der Waals surface area (Å²) in [6, 6.07) is 8.15. The standard InChI is InChI=1S/C19H17F2NO5/c20-14-5-4-12(10-15(14)21)11-22(7-6-17(23)24)19(25)13-2-1-3-16-18(13)27-9-8-26-16/h1-5,10H,6-9,11H2,(H,23,24). The molecule has 0 fully saturated rings. The predicted molar refractivity (Wildman–Crippen MR) is 90.8 cm³/mol. The molecule has 0 saturated carbocycles. The van der Waals surface area contributed by atoms with E-state index in [1.165, 1.54) is 11.0 Å². The Morgan fingerprint density at radius 1 is 1.07 bits per heavy atom. The lowest BCUT2D eigenvalue weighted by Crippen LogP contribution is -2.33. The number of fused-ring (bicyclic) bond motifs is 1. The maximum atomic E-state index is 13.5. The molecule has 0 spiro atoms. The van der Waals surface area contributed by atoms with E-state index < -0.39 is 23.5 Å². The van der Waals surface area contributed by atoms with Gasteiger partial charge in [-0.05, 0) is 29.8 Å². The normalized spacial score (nSPS) is 12.5. The maximum Gasteiger partial charge on any atom is 0.305 e. The minimum absolute atomic E-state index is 0.0756. The largest absolute Gasteiger partial charge is 0.486 e. The highest BCUT2D eigenvalue weighted by Gasteiger charge is 2.25. The average molecular weight is 377 g/mol. The van der Waals surface area contributed by atoms with Crippen molar-refractivity contribution in [2.24, 2.45) is 0 Å². The van der Waals surface area contributed by atoms with E-state index in [-0.39, 0.29) is 31.7 Å². The van der Waals surface area contributed by atoms with Gasteiger partial charge in [0, 0.05) is 13.1 Å². The van der Waals surface area contributed by atoms with Crippen molar-refractivity contribution in [3.63, 3.8) is 0 Å². The summed E-state index contributed by atoms with van der Waals surface area (Å²) in [5.41, 5.74) is 0.565. The number of ether oxygens (including phenoxy) is 2. The van der Waals surface area contributed by atoms with Crippen molar-refractivity contribution in [3.8, 4) is 11.5 Å². The molecule has 142 valence electrons. The molecule has 0 atom stereocenters. The van der Waals surface area contributed by atoms with E-state index in [2.05, 4.69) is 0 Å². The maximum absolute atomic E-state index is 13.5. The predicted octanol–water partition coefficient (Wildman–Crippen LogP) is 2.85. The van der Waals surface area contributed by atoms with Gasteiger partial charge in [-0.2, -0.15) is 0 Å². The summed E-state index contributed by atoms with van der Waals surface area (Å²) in [5, 5.41) is 8.96. The number of carboxylic acids is 1. The molecule has 3 rings (SSSR count). The molecule has 0 bridgehead atoms. The van der Waals surface area contributed by atoms with E-state index in [0.29, 0.717) is 23.7 Å². The summed E-state index contributed by atoms with van der Waals surface area (Å²) in [4.78, 5) is 25.2. The Kier molecular flexibility index (Phi) is 5.54. The number of aliphatic carboxylic acids is 1. The molecular weight excluding hydrogens is 360 g/mol. The molecule has 8 heteroatoms. The van der Waals surface area contributed by atoms with Gasteiger partial charge in [0.2, 0.25) is 0 Å². The molecule has 0 aliphatic carbocycles. The number of amides is 1. The van der Waals surface area contributed by atoms with Crippen molar-refractivity contribution >= 4 is 11.9 Å².